The van der Waals surface area contributed by atoms with E-state index in [-0.39, 0.29) is 5.91 Å². The number of carbonyl (C=O) groups excluding carboxylic acids is 1. The Balaban J connectivity index is 2.04. The van der Waals surface area contributed by atoms with Crippen molar-refractivity contribution < 1.29 is 9.21 Å². The van der Waals surface area contributed by atoms with Crippen molar-refractivity contribution in [3.8, 4) is 0 Å². The Morgan fingerprint density at radius 1 is 1.60 bits per heavy atom. The summed E-state index contributed by atoms with van der Waals surface area (Å²) < 4.78 is 5.09. The van der Waals surface area contributed by atoms with Gasteiger partial charge in [0.2, 0.25) is 5.91 Å². The van der Waals surface area contributed by atoms with Crippen molar-refractivity contribution in [1.82, 2.24) is 5.32 Å². The van der Waals surface area contributed by atoms with E-state index >= 15 is 0 Å². The van der Waals surface area contributed by atoms with E-state index in [0.717, 1.165) is 17.9 Å². The minimum Gasteiger partial charge on any atom is -0.467 e. The molecule has 3 N–H and O–H groups in total. The van der Waals surface area contributed by atoms with Crippen molar-refractivity contribution in [1.29, 1.82) is 0 Å². The zero-order valence-electron chi connectivity index (χ0n) is 8.57. The normalized spacial score (nSPS) is 10.2. The average molecular weight is 228 g/mol. The maximum absolute atomic E-state index is 11.3. The molecule has 0 unspecified atom stereocenters. The molecule has 0 saturated heterocycles. The van der Waals surface area contributed by atoms with E-state index in [1.807, 2.05) is 6.07 Å². The topological polar surface area (TPSA) is 68.3 Å². The van der Waals surface area contributed by atoms with Crippen LogP contribution in [0, 0.1) is 0 Å². The van der Waals surface area contributed by atoms with Crippen LogP contribution in [-0.4, -0.2) is 24.0 Å². The van der Waals surface area contributed by atoms with Crippen LogP contribution < -0.4 is 11.1 Å². The molecule has 0 spiro atoms. The number of nitrogens with one attached hydrogen (secondary N) is 1. The molecule has 5 heteroatoms. The zero-order chi connectivity index (χ0) is 10.9. The molecule has 15 heavy (non-hydrogen) atoms. The first kappa shape index (κ1) is 12.1. The summed E-state index contributed by atoms with van der Waals surface area (Å²) in [5, 5.41) is 2.78. The average Bonchev–Trinajstić information content (AvgIpc) is 2.74. The summed E-state index contributed by atoms with van der Waals surface area (Å²) in [5.74, 6) is 2.23. The number of rotatable bonds is 7. The third-order valence-corrected chi connectivity index (χ3v) is 2.81. The van der Waals surface area contributed by atoms with Crippen molar-refractivity contribution in [2.45, 2.75) is 13.0 Å². The van der Waals surface area contributed by atoms with Crippen molar-refractivity contribution >= 4 is 17.7 Å². The molecule has 0 aliphatic rings. The summed E-state index contributed by atoms with van der Waals surface area (Å²) in [6.45, 7) is 1.14. The molecule has 1 aromatic rings. The third-order valence-electron chi connectivity index (χ3n) is 1.77. The Morgan fingerprint density at radius 2 is 2.47 bits per heavy atom. The van der Waals surface area contributed by atoms with Gasteiger partial charge < -0.3 is 15.5 Å². The highest BCUT2D eigenvalue weighted by Crippen LogP contribution is 2.02. The van der Waals surface area contributed by atoms with Crippen molar-refractivity contribution in [2.75, 3.05) is 18.1 Å². The predicted molar refractivity (Wildman–Crippen MR) is 61.6 cm³/mol. The summed E-state index contributed by atoms with van der Waals surface area (Å²) in [6.07, 6.45) is 2.55. The molecule has 0 saturated carbocycles. The highest BCUT2D eigenvalue weighted by molar-refractivity contribution is 7.99. The molecular weight excluding hydrogens is 212 g/mol. The van der Waals surface area contributed by atoms with Gasteiger partial charge >= 0.3 is 0 Å². The monoisotopic (exact) mass is 228 g/mol. The lowest BCUT2D eigenvalue weighted by Gasteiger charge is -2.02. The molecule has 1 rings (SSSR count). The smallest absolute Gasteiger partial charge is 0.230 e. The van der Waals surface area contributed by atoms with E-state index in [9.17, 15) is 4.79 Å². The Hall–Kier alpha value is -0.940. The number of amides is 1. The predicted octanol–water partition coefficient (Wildman–Crippen LogP) is 0.978. The second-order valence-corrected chi connectivity index (χ2v) is 4.16. The van der Waals surface area contributed by atoms with Crippen molar-refractivity contribution in [3.05, 3.63) is 24.2 Å². The van der Waals surface area contributed by atoms with Gasteiger partial charge in [-0.15, -0.1) is 0 Å². The van der Waals surface area contributed by atoms with Gasteiger partial charge in [0.05, 0.1) is 18.6 Å². The molecule has 84 valence electrons. The Kier molecular flexibility index (Phi) is 5.96. The zero-order valence-corrected chi connectivity index (χ0v) is 9.39. The molecule has 0 radical (unpaired) electrons. The number of hydrogen-bond donors (Lipinski definition) is 2. The van der Waals surface area contributed by atoms with Gasteiger partial charge in [-0.2, -0.15) is 11.8 Å². The molecular formula is C10H16N2O2S. The lowest BCUT2D eigenvalue weighted by Crippen LogP contribution is -2.24. The minimum absolute atomic E-state index is 0.0356. The molecule has 1 amide bonds. The first-order chi connectivity index (χ1) is 7.33. The van der Waals surface area contributed by atoms with Gasteiger partial charge in [-0.05, 0) is 30.9 Å². The lowest BCUT2D eigenvalue weighted by molar-refractivity contribution is -0.118. The highest BCUT2D eigenvalue weighted by Gasteiger charge is 2.02. The number of carbonyl (C=O) groups is 1. The van der Waals surface area contributed by atoms with E-state index in [0.29, 0.717) is 18.8 Å². The summed E-state index contributed by atoms with van der Waals surface area (Å²) in [4.78, 5) is 11.3. The fourth-order valence-corrected chi connectivity index (χ4v) is 1.80. The van der Waals surface area contributed by atoms with Crippen LogP contribution >= 0.6 is 11.8 Å². The Bertz CT molecular complexity index is 275. The van der Waals surface area contributed by atoms with E-state index in [4.69, 9.17) is 10.2 Å². The number of thioether (sulfide) groups is 1. The maximum Gasteiger partial charge on any atom is 0.230 e. The Labute approximate surface area is 93.6 Å². The van der Waals surface area contributed by atoms with E-state index in [2.05, 4.69) is 5.32 Å². The van der Waals surface area contributed by atoms with Gasteiger partial charge in [-0.1, -0.05) is 0 Å². The molecule has 0 fully saturated rings. The van der Waals surface area contributed by atoms with Crippen LogP contribution in [0.4, 0.5) is 0 Å². The van der Waals surface area contributed by atoms with Crippen LogP contribution in [-0.2, 0) is 11.3 Å². The number of hydrogen-bond acceptors (Lipinski definition) is 4. The summed E-state index contributed by atoms with van der Waals surface area (Å²) in [6, 6.07) is 3.64. The largest absolute Gasteiger partial charge is 0.467 e. The second kappa shape index (κ2) is 7.36. The Morgan fingerprint density at radius 3 is 3.13 bits per heavy atom. The summed E-state index contributed by atoms with van der Waals surface area (Å²) in [5.41, 5.74) is 5.34. The SMILES string of the molecule is NCCCSCC(=O)NCc1ccco1. The quantitative estimate of drug-likeness (QED) is 0.683. The molecule has 1 aromatic heterocycles. The fraction of sp³-hybridized carbons (Fsp3) is 0.500. The van der Waals surface area contributed by atoms with Crippen molar-refractivity contribution in [3.63, 3.8) is 0 Å². The van der Waals surface area contributed by atoms with Gasteiger partial charge in [0.25, 0.3) is 0 Å². The van der Waals surface area contributed by atoms with E-state index < -0.39 is 0 Å². The first-order valence-electron chi connectivity index (χ1n) is 4.90. The molecule has 4 nitrogen and oxygen atoms in total. The molecule has 0 bridgehead atoms. The molecule has 0 aromatic carbocycles. The maximum atomic E-state index is 11.3. The molecule has 0 atom stereocenters. The van der Waals surface area contributed by atoms with Gasteiger partial charge in [0.1, 0.15) is 5.76 Å². The van der Waals surface area contributed by atoms with Gasteiger partial charge in [0, 0.05) is 0 Å². The molecule has 1 heterocycles. The van der Waals surface area contributed by atoms with E-state index in [1.54, 1.807) is 24.1 Å². The van der Waals surface area contributed by atoms with Gasteiger partial charge in [0.15, 0.2) is 0 Å². The summed E-state index contributed by atoms with van der Waals surface area (Å²) in [7, 11) is 0. The van der Waals surface area contributed by atoms with Crippen LogP contribution in [0.5, 0.6) is 0 Å². The lowest BCUT2D eigenvalue weighted by atomic mass is 10.4. The highest BCUT2D eigenvalue weighted by atomic mass is 32.2. The van der Waals surface area contributed by atoms with Crippen LogP contribution in [0.3, 0.4) is 0 Å². The van der Waals surface area contributed by atoms with Crippen LogP contribution in [0.1, 0.15) is 12.2 Å². The second-order valence-electron chi connectivity index (χ2n) is 3.05. The van der Waals surface area contributed by atoms with Gasteiger partial charge in [-0.3, -0.25) is 4.79 Å². The number of furan rings is 1. The molecule has 0 aliphatic heterocycles. The third kappa shape index (κ3) is 5.49. The van der Waals surface area contributed by atoms with E-state index in [1.165, 1.54) is 0 Å². The first-order valence-corrected chi connectivity index (χ1v) is 6.05. The van der Waals surface area contributed by atoms with Crippen LogP contribution in [0.25, 0.3) is 0 Å². The minimum atomic E-state index is 0.0356. The number of nitrogens with two attached hydrogens (primary N) is 1. The van der Waals surface area contributed by atoms with Crippen molar-refractivity contribution in [2.24, 2.45) is 5.73 Å². The van der Waals surface area contributed by atoms with Crippen LogP contribution in [0.2, 0.25) is 0 Å². The van der Waals surface area contributed by atoms with Gasteiger partial charge in [-0.25, -0.2) is 0 Å². The molecule has 0 aliphatic carbocycles. The fourth-order valence-electron chi connectivity index (χ4n) is 1.00. The summed E-state index contributed by atoms with van der Waals surface area (Å²) >= 11 is 1.60. The standard InChI is InChI=1S/C10H16N2O2S/c11-4-2-6-15-8-10(13)12-7-9-3-1-5-14-9/h1,3,5H,2,4,6-8,11H2,(H,12,13). The van der Waals surface area contributed by atoms with Crippen LogP contribution in [0.15, 0.2) is 22.8 Å².